The highest BCUT2D eigenvalue weighted by molar-refractivity contribution is 5.94. The van der Waals surface area contributed by atoms with Gasteiger partial charge in [-0.3, -0.25) is 4.79 Å². The summed E-state index contributed by atoms with van der Waals surface area (Å²) >= 11 is 0. The fourth-order valence-electron chi connectivity index (χ4n) is 1.73. The Labute approximate surface area is 107 Å². The lowest BCUT2D eigenvalue weighted by Crippen LogP contribution is -2.26. The molecule has 0 fully saturated rings. The summed E-state index contributed by atoms with van der Waals surface area (Å²) in [5, 5.41) is 6.11. The van der Waals surface area contributed by atoms with E-state index in [-0.39, 0.29) is 18.3 Å². The molecule has 0 bridgehead atoms. The van der Waals surface area contributed by atoms with Gasteiger partial charge in [-0.15, -0.1) is 12.4 Å². The van der Waals surface area contributed by atoms with E-state index in [0.717, 1.165) is 24.3 Å². The number of nitrogens with one attached hydrogen (secondary N) is 2. The molecular weight excluding hydrogens is 240 g/mol. The van der Waals surface area contributed by atoms with Crippen LogP contribution in [0.15, 0.2) is 18.2 Å². The summed E-state index contributed by atoms with van der Waals surface area (Å²) in [4.78, 5) is 11.6. The van der Waals surface area contributed by atoms with Gasteiger partial charge in [-0.1, -0.05) is 0 Å². The summed E-state index contributed by atoms with van der Waals surface area (Å²) in [5.41, 5.74) is 3.25. The van der Waals surface area contributed by atoms with Crippen LogP contribution >= 0.6 is 12.4 Å². The third kappa shape index (κ3) is 3.11. The molecule has 0 saturated heterocycles. The van der Waals surface area contributed by atoms with E-state index in [2.05, 4.69) is 10.6 Å². The van der Waals surface area contributed by atoms with Crippen LogP contribution in [0.3, 0.4) is 0 Å². The lowest BCUT2D eigenvalue weighted by atomic mass is 10.1. The summed E-state index contributed by atoms with van der Waals surface area (Å²) in [6, 6.07) is 5.91. The second-order valence-corrected chi connectivity index (χ2v) is 3.92. The zero-order chi connectivity index (χ0) is 11.5. The lowest BCUT2D eigenvalue weighted by Gasteiger charge is -2.11. The van der Waals surface area contributed by atoms with Gasteiger partial charge in [-0.2, -0.15) is 0 Å². The molecule has 1 aliphatic heterocycles. The molecule has 1 atom stereocenters. The van der Waals surface area contributed by atoms with Gasteiger partial charge in [0.1, 0.15) is 6.10 Å². The van der Waals surface area contributed by atoms with E-state index in [1.165, 1.54) is 12.7 Å². The molecular formula is C12H17ClN2O2. The van der Waals surface area contributed by atoms with Gasteiger partial charge >= 0.3 is 0 Å². The minimum absolute atomic E-state index is 0. The molecule has 0 aliphatic carbocycles. The molecule has 1 aromatic carbocycles. The van der Waals surface area contributed by atoms with Gasteiger partial charge in [0.2, 0.25) is 0 Å². The van der Waals surface area contributed by atoms with Crippen molar-refractivity contribution in [1.82, 2.24) is 0 Å². The number of fused-ring (bicyclic) bond motifs is 1. The number of hydrogen-bond acceptors (Lipinski definition) is 3. The van der Waals surface area contributed by atoms with Crippen LogP contribution < -0.4 is 10.6 Å². The van der Waals surface area contributed by atoms with Crippen LogP contribution in [-0.4, -0.2) is 25.7 Å². The van der Waals surface area contributed by atoms with Crippen molar-refractivity contribution in [2.24, 2.45) is 0 Å². The maximum Gasteiger partial charge on any atom is 0.253 e. The molecule has 0 radical (unpaired) electrons. The minimum atomic E-state index is -0.425. The highest BCUT2D eigenvalue weighted by atomic mass is 35.5. The Bertz CT molecular complexity index is 409. The maximum absolute atomic E-state index is 11.6. The number of ether oxygens (including phenoxy) is 1. The first kappa shape index (κ1) is 13.8. The van der Waals surface area contributed by atoms with Crippen LogP contribution in [0.25, 0.3) is 0 Å². The fourth-order valence-corrected chi connectivity index (χ4v) is 1.73. The second-order valence-electron chi connectivity index (χ2n) is 3.92. The number of methoxy groups -OCH3 is 1. The Balaban J connectivity index is 0.00000144. The van der Waals surface area contributed by atoms with E-state index < -0.39 is 6.10 Å². The molecule has 1 aromatic rings. The molecule has 5 heteroatoms. The number of carbonyl (C=O) groups is 1. The molecule has 2 N–H and O–H groups in total. The van der Waals surface area contributed by atoms with Crippen LogP contribution in [0, 0.1) is 0 Å². The van der Waals surface area contributed by atoms with Crippen LogP contribution in [-0.2, 0) is 16.0 Å². The summed E-state index contributed by atoms with van der Waals surface area (Å²) < 4.78 is 4.95. The summed E-state index contributed by atoms with van der Waals surface area (Å²) in [6.07, 6.45) is 0.588. The normalized spacial score (nSPS) is 14.2. The van der Waals surface area contributed by atoms with E-state index in [4.69, 9.17) is 4.74 Å². The molecule has 0 spiro atoms. The molecule has 1 unspecified atom stereocenters. The van der Waals surface area contributed by atoms with Gasteiger partial charge in [0.05, 0.1) is 0 Å². The maximum atomic E-state index is 11.6. The number of rotatable bonds is 3. The smallest absolute Gasteiger partial charge is 0.253 e. The molecule has 4 nitrogen and oxygen atoms in total. The van der Waals surface area contributed by atoms with Crippen molar-refractivity contribution in [3.05, 3.63) is 23.8 Å². The summed E-state index contributed by atoms with van der Waals surface area (Å²) in [5.74, 6) is -0.117. The highest BCUT2D eigenvalue weighted by Gasteiger charge is 2.14. The first-order valence-electron chi connectivity index (χ1n) is 5.41. The average molecular weight is 257 g/mol. The van der Waals surface area contributed by atoms with Crippen LogP contribution in [0.2, 0.25) is 0 Å². The highest BCUT2D eigenvalue weighted by Crippen LogP contribution is 2.25. The topological polar surface area (TPSA) is 50.4 Å². The van der Waals surface area contributed by atoms with Crippen molar-refractivity contribution < 1.29 is 9.53 Å². The van der Waals surface area contributed by atoms with Crippen LogP contribution in [0.4, 0.5) is 11.4 Å². The molecule has 1 amide bonds. The van der Waals surface area contributed by atoms with Gasteiger partial charge in [0.25, 0.3) is 5.91 Å². The number of halogens is 1. The monoisotopic (exact) mass is 256 g/mol. The SMILES string of the molecule is COC(C)C(=O)Nc1ccc2c(c1)CCN2.Cl. The van der Waals surface area contributed by atoms with Gasteiger partial charge < -0.3 is 15.4 Å². The zero-order valence-corrected chi connectivity index (χ0v) is 10.8. The standard InChI is InChI=1S/C12H16N2O2.ClH/c1-8(16-2)12(15)14-10-3-4-11-9(7-10)5-6-13-11;/h3-4,7-8,13H,5-6H2,1-2H3,(H,14,15);1H. The molecule has 94 valence electrons. The number of benzene rings is 1. The lowest BCUT2D eigenvalue weighted by molar-refractivity contribution is -0.124. The predicted molar refractivity (Wildman–Crippen MR) is 71.0 cm³/mol. The largest absolute Gasteiger partial charge is 0.384 e. The van der Waals surface area contributed by atoms with Crippen molar-refractivity contribution in [3.63, 3.8) is 0 Å². The molecule has 0 aromatic heterocycles. The first-order valence-corrected chi connectivity index (χ1v) is 5.41. The third-order valence-electron chi connectivity index (χ3n) is 2.81. The van der Waals surface area contributed by atoms with Crippen molar-refractivity contribution in [3.8, 4) is 0 Å². The van der Waals surface area contributed by atoms with E-state index in [1.807, 2.05) is 18.2 Å². The Morgan fingerprint density at radius 3 is 3.00 bits per heavy atom. The van der Waals surface area contributed by atoms with E-state index in [0.29, 0.717) is 0 Å². The van der Waals surface area contributed by atoms with Crippen LogP contribution in [0.1, 0.15) is 12.5 Å². The quantitative estimate of drug-likeness (QED) is 0.870. The Morgan fingerprint density at radius 2 is 2.29 bits per heavy atom. The molecule has 1 aliphatic rings. The number of amides is 1. The third-order valence-corrected chi connectivity index (χ3v) is 2.81. The molecule has 17 heavy (non-hydrogen) atoms. The van der Waals surface area contributed by atoms with Crippen LogP contribution in [0.5, 0.6) is 0 Å². The second kappa shape index (κ2) is 5.89. The first-order chi connectivity index (χ1) is 7.70. The van der Waals surface area contributed by atoms with Crippen molar-refractivity contribution >= 4 is 29.7 Å². The van der Waals surface area contributed by atoms with E-state index in [1.54, 1.807) is 6.92 Å². The summed E-state index contributed by atoms with van der Waals surface area (Å²) in [7, 11) is 1.52. The fraction of sp³-hybridized carbons (Fsp3) is 0.417. The Kier molecular flexibility index (Phi) is 4.78. The predicted octanol–water partition coefficient (Wildman–Crippen LogP) is 2.05. The van der Waals surface area contributed by atoms with Gasteiger partial charge in [-0.25, -0.2) is 0 Å². The van der Waals surface area contributed by atoms with E-state index >= 15 is 0 Å². The van der Waals surface area contributed by atoms with E-state index in [9.17, 15) is 4.79 Å². The summed E-state index contributed by atoms with van der Waals surface area (Å²) in [6.45, 7) is 2.70. The molecule has 1 heterocycles. The molecule has 2 rings (SSSR count). The number of anilines is 2. The van der Waals surface area contributed by atoms with Gasteiger partial charge in [0, 0.05) is 25.0 Å². The molecule has 0 saturated carbocycles. The number of carbonyl (C=O) groups excluding carboxylic acids is 1. The van der Waals surface area contributed by atoms with Gasteiger partial charge in [-0.05, 0) is 37.1 Å². The van der Waals surface area contributed by atoms with Crippen molar-refractivity contribution in [2.75, 3.05) is 24.3 Å². The Hall–Kier alpha value is -1.26. The Morgan fingerprint density at radius 1 is 1.53 bits per heavy atom. The van der Waals surface area contributed by atoms with Gasteiger partial charge in [0.15, 0.2) is 0 Å². The zero-order valence-electron chi connectivity index (χ0n) is 9.95. The van der Waals surface area contributed by atoms with Crippen molar-refractivity contribution in [2.45, 2.75) is 19.4 Å². The van der Waals surface area contributed by atoms with Crippen molar-refractivity contribution in [1.29, 1.82) is 0 Å². The minimum Gasteiger partial charge on any atom is -0.384 e. The average Bonchev–Trinajstić information content (AvgIpc) is 2.75. The number of hydrogen-bond donors (Lipinski definition) is 2.